The highest BCUT2D eigenvalue weighted by Gasteiger charge is 2.04. The average Bonchev–Trinajstić information content (AvgIpc) is 2.33. The molecule has 0 amide bonds. The molecule has 17 heavy (non-hydrogen) atoms. The summed E-state index contributed by atoms with van der Waals surface area (Å²) in [4.78, 5) is 0. The van der Waals surface area contributed by atoms with Crippen LogP contribution in [-0.2, 0) is 4.74 Å². The van der Waals surface area contributed by atoms with E-state index in [1.807, 2.05) is 37.3 Å². The number of terminal acetylenes is 1. The lowest BCUT2D eigenvalue weighted by molar-refractivity contribution is 0.114. The van der Waals surface area contributed by atoms with Crippen molar-refractivity contribution in [1.29, 1.82) is 0 Å². The molecule has 1 aromatic rings. The first kappa shape index (κ1) is 13.3. The summed E-state index contributed by atoms with van der Waals surface area (Å²) in [6.07, 6.45) is 10.1. The molecule has 0 fully saturated rings. The van der Waals surface area contributed by atoms with Crippen molar-refractivity contribution in [3.8, 4) is 12.3 Å². The smallest absolute Gasteiger partial charge is 0.108 e. The molecule has 1 nitrogen and oxygen atoms in total. The van der Waals surface area contributed by atoms with Crippen molar-refractivity contribution in [2.45, 2.75) is 19.4 Å². The van der Waals surface area contributed by atoms with E-state index in [2.05, 4.69) is 24.6 Å². The Hall–Kier alpha value is -1.78. The van der Waals surface area contributed by atoms with Gasteiger partial charge < -0.3 is 4.74 Å². The molecule has 0 heterocycles. The van der Waals surface area contributed by atoms with Crippen LogP contribution >= 0.6 is 0 Å². The molecule has 1 unspecified atom stereocenters. The predicted molar refractivity (Wildman–Crippen MR) is 73.5 cm³/mol. The number of ether oxygens (including phenoxy) is 1. The molecule has 0 aliphatic rings. The maximum absolute atomic E-state index is 5.54. The molecule has 1 heteroatoms. The zero-order chi connectivity index (χ0) is 12.5. The monoisotopic (exact) mass is 226 g/mol. The average molecular weight is 226 g/mol. The van der Waals surface area contributed by atoms with Crippen molar-refractivity contribution in [1.82, 2.24) is 0 Å². The van der Waals surface area contributed by atoms with Gasteiger partial charge >= 0.3 is 0 Å². The zero-order valence-electron chi connectivity index (χ0n) is 10.2. The van der Waals surface area contributed by atoms with Crippen molar-refractivity contribution >= 4 is 6.08 Å². The third-order valence-electron chi connectivity index (χ3n) is 2.23. The van der Waals surface area contributed by atoms with Gasteiger partial charge in [0, 0.05) is 0 Å². The normalized spacial score (nSPS) is 12.2. The van der Waals surface area contributed by atoms with Crippen molar-refractivity contribution in [2.24, 2.45) is 0 Å². The molecule has 0 bridgehead atoms. The van der Waals surface area contributed by atoms with E-state index in [0.717, 1.165) is 17.6 Å². The summed E-state index contributed by atoms with van der Waals surface area (Å²) >= 11 is 0. The van der Waals surface area contributed by atoms with Crippen molar-refractivity contribution in [3.05, 3.63) is 54.1 Å². The van der Waals surface area contributed by atoms with Gasteiger partial charge in [0.25, 0.3) is 0 Å². The van der Waals surface area contributed by atoms with Gasteiger partial charge in [0.1, 0.15) is 6.61 Å². The molecule has 0 aliphatic carbocycles. The molecule has 0 N–H and O–H groups in total. The highest BCUT2D eigenvalue weighted by Crippen LogP contribution is 2.10. The Morgan fingerprint density at radius 1 is 1.47 bits per heavy atom. The molecule has 1 atom stereocenters. The number of hydrogen-bond acceptors (Lipinski definition) is 1. The first-order valence-electron chi connectivity index (χ1n) is 5.65. The van der Waals surface area contributed by atoms with Crippen LogP contribution in [0.1, 0.15) is 18.9 Å². The van der Waals surface area contributed by atoms with E-state index in [1.165, 1.54) is 0 Å². The Bertz CT molecular complexity index is 409. The van der Waals surface area contributed by atoms with Gasteiger partial charge in [-0.3, -0.25) is 0 Å². The first-order valence-corrected chi connectivity index (χ1v) is 5.65. The van der Waals surface area contributed by atoms with Crippen LogP contribution in [0.5, 0.6) is 0 Å². The van der Waals surface area contributed by atoms with Crippen LogP contribution in [-0.4, -0.2) is 12.7 Å². The van der Waals surface area contributed by atoms with Crippen LogP contribution in [0.25, 0.3) is 6.08 Å². The number of rotatable bonds is 6. The van der Waals surface area contributed by atoms with E-state index < -0.39 is 0 Å². The third kappa shape index (κ3) is 5.75. The van der Waals surface area contributed by atoms with Crippen molar-refractivity contribution < 1.29 is 4.74 Å². The van der Waals surface area contributed by atoms with Crippen LogP contribution < -0.4 is 0 Å². The largest absolute Gasteiger partial charge is 0.361 e. The SMILES string of the molecule is C#CCOC(/C=C/c1ccccc1)CC(=C)C. The lowest BCUT2D eigenvalue weighted by Crippen LogP contribution is -2.10. The van der Waals surface area contributed by atoms with Gasteiger partial charge in [0.15, 0.2) is 0 Å². The van der Waals surface area contributed by atoms with Gasteiger partial charge in [-0.2, -0.15) is 0 Å². The third-order valence-corrected chi connectivity index (χ3v) is 2.23. The summed E-state index contributed by atoms with van der Waals surface area (Å²) in [5.74, 6) is 2.48. The fourth-order valence-electron chi connectivity index (χ4n) is 1.46. The molecule has 1 aromatic carbocycles. The summed E-state index contributed by atoms with van der Waals surface area (Å²) < 4.78 is 5.54. The standard InChI is InChI=1S/C16H18O/c1-4-12-17-16(13-14(2)3)11-10-15-8-6-5-7-9-15/h1,5-11,16H,2,12-13H2,3H3/b11-10+. The molecule has 0 saturated heterocycles. The Morgan fingerprint density at radius 2 is 2.18 bits per heavy atom. The zero-order valence-corrected chi connectivity index (χ0v) is 10.2. The fraction of sp³-hybridized carbons (Fsp3) is 0.250. The second-order valence-corrected chi connectivity index (χ2v) is 3.98. The number of benzene rings is 1. The maximum atomic E-state index is 5.54. The second kappa shape index (κ2) is 7.49. The minimum atomic E-state index is 0.00348. The molecule has 0 spiro atoms. The topological polar surface area (TPSA) is 9.23 Å². The van der Waals surface area contributed by atoms with Gasteiger partial charge in [-0.1, -0.05) is 54.0 Å². The van der Waals surface area contributed by atoms with E-state index in [9.17, 15) is 0 Å². The van der Waals surface area contributed by atoms with E-state index in [1.54, 1.807) is 0 Å². The summed E-state index contributed by atoms with van der Waals surface area (Å²) in [7, 11) is 0. The van der Waals surface area contributed by atoms with E-state index >= 15 is 0 Å². The van der Waals surface area contributed by atoms with E-state index in [4.69, 9.17) is 11.2 Å². The Labute approximate surface area is 104 Å². The van der Waals surface area contributed by atoms with Gasteiger partial charge in [0.2, 0.25) is 0 Å². The lowest BCUT2D eigenvalue weighted by atomic mass is 10.1. The molecule has 1 rings (SSSR count). The summed E-state index contributed by atoms with van der Waals surface area (Å²) in [5, 5.41) is 0. The molecular weight excluding hydrogens is 208 g/mol. The van der Waals surface area contributed by atoms with Gasteiger partial charge in [0.05, 0.1) is 6.10 Å². The number of hydrogen-bond donors (Lipinski definition) is 0. The summed E-state index contributed by atoms with van der Waals surface area (Å²) in [6.45, 7) is 6.21. The lowest BCUT2D eigenvalue weighted by Gasteiger charge is -2.12. The maximum Gasteiger partial charge on any atom is 0.108 e. The van der Waals surface area contributed by atoms with Gasteiger partial charge in [-0.05, 0) is 18.9 Å². The molecule has 88 valence electrons. The van der Waals surface area contributed by atoms with Crippen LogP contribution in [0.4, 0.5) is 0 Å². The van der Waals surface area contributed by atoms with Crippen LogP contribution in [0.3, 0.4) is 0 Å². The quantitative estimate of drug-likeness (QED) is 0.531. The van der Waals surface area contributed by atoms with Gasteiger partial charge in [-0.15, -0.1) is 13.0 Å². The molecule has 0 radical (unpaired) electrons. The first-order chi connectivity index (χ1) is 8.22. The molecule has 0 aromatic heterocycles. The second-order valence-electron chi connectivity index (χ2n) is 3.98. The van der Waals surface area contributed by atoms with Crippen molar-refractivity contribution in [3.63, 3.8) is 0 Å². The van der Waals surface area contributed by atoms with E-state index in [-0.39, 0.29) is 6.10 Å². The highest BCUT2D eigenvalue weighted by molar-refractivity contribution is 5.49. The van der Waals surface area contributed by atoms with Crippen LogP contribution in [0, 0.1) is 12.3 Å². The van der Waals surface area contributed by atoms with Crippen LogP contribution in [0.2, 0.25) is 0 Å². The molecular formula is C16H18O. The predicted octanol–water partition coefficient (Wildman–Crippen LogP) is 3.68. The summed E-state index contributed by atoms with van der Waals surface area (Å²) in [5.41, 5.74) is 2.24. The highest BCUT2D eigenvalue weighted by atomic mass is 16.5. The molecule has 0 saturated carbocycles. The van der Waals surface area contributed by atoms with Crippen LogP contribution in [0.15, 0.2) is 48.6 Å². The summed E-state index contributed by atoms with van der Waals surface area (Å²) in [6, 6.07) is 10.1. The Morgan fingerprint density at radius 3 is 2.76 bits per heavy atom. The Balaban J connectivity index is 2.62. The van der Waals surface area contributed by atoms with Gasteiger partial charge in [-0.25, -0.2) is 0 Å². The van der Waals surface area contributed by atoms with E-state index in [0.29, 0.717) is 6.61 Å². The molecule has 0 aliphatic heterocycles. The fourth-order valence-corrected chi connectivity index (χ4v) is 1.46. The minimum absolute atomic E-state index is 0.00348. The minimum Gasteiger partial charge on any atom is -0.361 e. The van der Waals surface area contributed by atoms with Crippen molar-refractivity contribution in [2.75, 3.05) is 6.61 Å². The Kier molecular flexibility index (Phi) is 5.85.